The Hall–Kier alpha value is -1.29. The number of aliphatic hydroxyl groups excluding tert-OH is 1. The topological polar surface area (TPSA) is 53.7 Å². The van der Waals surface area contributed by atoms with E-state index in [1.165, 1.54) is 0 Å². The lowest BCUT2D eigenvalue weighted by Crippen LogP contribution is -2.27. The summed E-state index contributed by atoms with van der Waals surface area (Å²) in [4.78, 5) is 13.3. The number of carbonyl (C=O) groups excluding carboxylic acids is 1. The largest absolute Gasteiger partial charge is 0.472 e. The molecule has 1 aromatic rings. The van der Waals surface area contributed by atoms with E-state index in [1.54, 1.807) is 12.5 Å². The van der Waals surface area contributed by atoms with Gasteiger partial charge in [0.15, 0.2) is 0 Å². The molecule has 1 aliphatic heterocycles. The van der Waals surface area contributed by atoms with E-state index in [0.717, 1.165) is 18.5 Å². The van der Waals surface area contributed by atoms with Crippen molar-refractivity contribution in [3.8, 4) is 0 Å². The van der Waals surface area contributed by atoms with Crippen LogP contribution in [0.1, 0.15) is 12.0 Å². The van der Waals surface area contributed by atoms with Crippen LogP contribution in [0.5, 0.6) is 0 Å². The highest BCUT2D eigenvalue weighted by atomic mass is 16.3. The summed E-state index contributed by atoms with van der Waals surface area (Å²) in [7, 11) is 0. The number of aliphatic hydroxyl groups is 1. The summed E-state index contributed by atoms with van der Waals surface area (Å²) in [6.45, 7) is 1.51. The first-order chi connectivity index (χ1) is 7.29. The zero-order valence-corrected chi connectivity index (χ0v) is 8.56. The molecule has 1 fully saturated rings. The highest BCUT2D eigenvalue weighted by molar-refractivity contribution is 5.78. The number of nitrogens with zero attached hydrogens (tertiary/aromatic N) is 1. The first-order valence-electron chi connectivity index (χ1n) is 5.19. The standard InChI is InChI=1S/C11H15NO3/c13-7-10-5-11(14)12(6-10)3-1-9-2-4-15-8-9/h2,4,8,10,13H,1,3,5-7H2. The van der Waals surface area contributed by atoms with Gasteiger partial charge in [-0.25, -0.2) is 0 Å². The van der Waals surface area contributed by atoms with Crippen LogP contribution in [0.2, 0.25) is 0 Å². The summed E-state index contributed by atoms with van der Waals surface area (Å²) < 4.78 is 4.96. The Labute approximate surface area is 88.5 Å². The van der Waals surface area contributed by atoms with Crippen LogP contribution >= 0.6 is 0 Å². The molecule has 1 aromatic heterocycles. The van der Waals surface area contributed by atoms with Crippen molar-refractivity contribution in [3.05, 3.63) is 24.2 Å². The molecule has 0 saturated carbocycles. The van der Waals surface area contributed by atoms with Gasteiger partial charge in [0, 0.05) is 32.0 Å². The van der Waals surface area contributed by atoms with Crippen LogP contribution in [-0.2, 0) is 11.2 Å². The molecule has 15 heavy (non-hydrogen) atoms. The van der Waals surface area contributed by atoms with Gasteiger partial charge in [-0.05, 0) is 18.1 Å². The van der Waals surface area contributed by atoms with Crippen LogP contribution in [0.15, 0.2) is 23.0 Å². The van der Waals surface area contributed by atoms with Crippen molar-refractivity contribution < 1.29 is 14.3 Å². The van der Waals surface area contributed by atoms with Crippen LogP contribution in [0.3, 0.4) is 0 Å². The zero-order chi connectivity index (χ0) is 10.7. The third-order valence-corrected chi connectivity index (χ3v) is 2.80. The second-order valence-electron chi connectivity index (χ2n) is 3.97. The molecule has 0 spiro atoms. The Morgan fingerprint density at radius 1 is 1.60 bits per heavy atom. The fourth-order valence-electron chi connectivity index (χ4n) is 1.89. The predicted molar refractivity (Wildman–Crippen MR) is 54.2 cm³/mol. The molecule has 0 aliphatic carbocycles. The first kappa shape index (κ1) is 10.2. The maximum absolute atomic E-state index is 11.5. The van der Waals surface area contributed by atoms with Crippen LogP contribution < -0.4 is 0 Å². The fourth-order valence-corrected chi connectivity index (χ4v) is 1.89. The van der Waals surface area contributed by atoms with Crippen LogP contribution in [0.25, 0.3) is 0 Å². The first-order valence-corrected chi connectivity index (χ1v) is 5.19. The Balaban J connectivity index is 1.83. The number of hydrogen-bond donors (Lipinski definition) is 1. The van der Waals surface area contributed by atoms with Crippen molar-refractivity contribution in [2.24, 2.45) is 5.92 Å². The number of amides is 1. The van der Waals surface area contributed by atoms with Gasteiger partial charge in [-0.1, -0.05) is 0 Å². The number of hydrogen-bond acceptors (Lipinski definition) is 3. The zero-order valence-electron chi connectivity index (χ0n) is 8.56. The smallest absolute Gasteiger partial charge is 0.223 e. The summed E-state index contributed by atoms with van der Waals surface area (Å²) in [5.74, 6) is 0.277. The van der Waals surface area contributed by atoms with Gasteiger partial charge < -0.3 is 14.4 Å². The maximum atomic E-state index is 11.5. The third kappa shape index (κ3) is 2.39. The maximum Gasteiger partial charge on any atom is 0.223 e. The third-order valence-electron chi connectivity index (χ3n) is 2.80. The van der Waals surface area contributed by atoms with Gasteiger partial charge in [0.2, 0.25) is 5.91 Å². The molecule has 82 valence electrons. The lowest BCUT2D eigenvalue weighted by atomic mass is 10.1. The van der Waals surface area contributed by atoms with Crippen LogP contribution in [-0.4, -0.2) is 35.6 Å². The van der Waals surface area contributed by atoms with E-state index in [1.807, 2.05) is 11.0 Å². The summed E-state index contributed by atoms with van der Waals surface area (Å²) in [6, 6.07) is 1.91. The van der Waals surface area contributed by atoms with Crippen molar-refractivity contribution in [1.82, 2.24) is 4.90 Å². The van der Waals surface area contributed by atoms with Gasteiger partial charge in [0.05, 0.1) is 12.5 Å². The molecule has 0 aromatic carbocycles. The molecule has 1 N–H and O–H groups in total. The highest BCUT2D eigenvalue weighted by Gasteiger charge is 2.28. The van der Waals surface area contributed by atoms with Crippen molar-refractivity contribution in [3.63, 3.8) is 0 Å². The summed E-state index contributed by atoms with van der Waals surface area (Å²) in [5, 5.41) is 8.96. The molecule has 0 radical (unpaired) electrons. The molecule has 2 heterocycles. The molecule has 1 amide bonds. The molecule has 1 atom stereocenters. The fraction of sp³-hybridized carbons (Fsp3) is 0.545. The number of furan rings is 1. The highest BCUT2D eigenvalue weighted by Crippen LogP contribution is 2.17. The van der Waals surface area contributed by atoms with Gasteiger partial charge in [0.25, 0.3) is 0 Å². The normalized spacial score (nSPS) is 21.3. The minimum absolute atomic E-state index is 0.105. The Morgan fingerprint density at radius 2 is 2.47 bits per heavy atom. The molecular weight excluding hydrogens is 194 g/mol. The van der Waals surface area contributed by atoms with Gasteiger partial charge in [0.1, 0.15) is 0 Å². The van der Waals surface area contributed by atoms with Crippen molar-refractivity contribution in [2.45, 2.75) is 12.8 Å². The van der Waals surface area contributed by atoms with Crippen molar-refractivity contribution in [2.75, 3.05) is 19.7 Å². The van der Waals surface area contributed by atoms with E-state index in [0.29, 0.717) is 13.0 Å². The molecule has 1 aliphatic rings. The Morgan fingerprint density at radius 3 is 3.07 bits per heavy atom. The summed E-state index contributed by atoms with van der Waals surface area (Å²) >= 11 is 0. The average molecular weight is 209 g/mol. The lowest BCUT2D eigenvalue weighted by Gasteiger charge is -2.15. The predicted octanol–water partition coefficient (Wildman–Crippen LogP) is 0.663. The number of rotatable bonds is 4. The Kier molecular flexibility index (Phi) is 3.06. The molecule has 1 unspecified atom stereocenters. The van der Waals surface area contributed by atoms with E-state index < -0.39 is 0 Å². The number of likely N-dealkylation sites (tertiary alicyclic amines) is 1. The lowest BCUT2D eigenvalue weighted by molar-refractivity contribution is -0.127. The minimum Gasteiger partial charge on any atom is -0.472 e. The quantitative estimate of drug-likeness (QED) is 0.792. The van der Waals surface area contributed by atoms with Crippen molar-refractivity contribution in [1.29, 1.82) is 0 Å². The molecular formula is C11H15NO3. The second kappa shape index (κ2) is 4.49. The molecule has 2 rings (SSSR count). The molecule has 4 heteroatoms. The van der Waals surface area contributed by atoms with Crippen molar-refractivity contribution >= 4 is 5.91 Å². The van der Waals surface area contributed by atoms with Gasteiger partial charge in [-0.15, -0.1) is 0 Å². The van der Waals surface area contributed by atoms with E-state index in [-0.39, 0.29) is 18.4 Å². The average Bonchev–Trinajstić information content (AvgIpc) is 2.84. The Bertz CT molecular complexity index is 321. The van der Waals surface area contributed by atoms with Gasteiger partial charge in [-0.3, -0.25) is 4.79 Å². The molecule has 0 bridgehead atoms. The second-order valence-corrected chi connectivity index (χ2v) is 3.97. The summed E-state index contributed by atoms with van der Waals surface area (Å²) in [5.41, 5.74) is 1.11. The van der Waals surface area contributed by atoms with Crippen LogP contribution in [0, 0.1) is 5.92 Å². The van der Waals surface area contributed by atoms with Gasteiger partial charge >= 0.3 is 0 Å². The van der Waals surface area contributed by atoms with Crippen LogP contribution in [0.4, 0.5) is 0 Å². The SMILES string of the molecule is O=C1CC(CO)CN1CCc1ccoc1. The number of carbonyl (C=O) groups is 1. The minimum atomic E-state index is 0.105. The van der Waals surface area contributed by atoms with E-state index in [4.69, 9.17) is 9.52 Å². The summed E-state index contributed by atoms with van der Waals surface area (Å²) in [6.07, 6.45) is 4.64. The van der Waals surface area contributed by atoms with E-state index in [2.05, 4.69) is 0 Å². The van der Waals surface area contributed by atoms with E-state index in [9.17, 15) is 4.79 Å². The van der Waals surface area contributed by atoms with Gasteiger partial charge in [-0.2, -0.15) is 0 Å². The molecule has 4 nitrogen and oxygen atoms in total. The van der Waals surface area contributed by atoms with E-state index >= 15 is 0 Å². The monoisotopic (exact) mass is 209 g/mol. The molecule has 1 saturated heterocycles.